The van der Waals surface area contributed by atoms with Crippen molar-refractivity contribution in [2.75, 3.05) is 117 Å². The van der Waals surface area contributed by atoms with E-state index in [-0.39, 0.29) is 56.5 Å². The van der Waals surface area contributed by atoms with Gasteiger partial charge in [0.2, 0.25) is 5.91 Å². The van der Waals surface area contributed by atoms with Crippen molar-refractivity contribution in [3.63, 3.8) is 0 Å². The van der Waals surface area contributed by atoms with Gasteiger partial charge in [0.15, 0.2) is 0 Å². The van der Waals surface area contributed by atoms with Crippen LogP contribution in [0.5, 0.6) is 0 Å². The minimum atomic E-state index is -4.73. The van der Waals surface area contributed by atoms with Crippen molar-refractivity contribution in [1.29, 1.82) is 0 Å². The summed E-state index contributed by atoms with van der Waals surface area (Å²) < 4.78 is 78.6. The van der Waals surface area contributed by atoms with E-state index in [4.69, 9.17) is 34.2 Å². The summed E-state index contributed by atoms with van der Waals surface area (Å²) in [5.74, 6) is -0.136. The third-order valence-electron chi connectivity index (χ3n) is 10.7. The molecule has 1 fully saturated rings. The number of alkyl halides is 3. The molecule has 64 heavy (non-hydrogen) atoms. The fraction of sp³-hybridized carbons (Fsp3) is 0.404. The number of piperazine rings is 1. The number of carbonyl (C=O) groups excluding carboxylic acids is 1. The number of amides is 1. The Labute approximate surface area is 368 Å². The van der Waals surface area contributed by atoms with Crippen LogP contribution in [0.2, 0.25) is 0 Å². The molecule has 3 aromatic carbocycles. The summed E-state index contributed by atoms with van der Waals surface area (Å²) in [5.41, 5.74) is 7.60. The molecule has 14 nitrogen and oxygen atoms in total. The SMILES string of the molecule is NCCOCCOCCOCCOCCOCCOCCC(=O)N1CCN(c2ccc(-n3c(=O)ccc4cnc5ccc(-c6cnc7ccccc7c6)cc5c43)cc2C(F)(F)F)CC1. The molecule has 0 spiro atoms. The second kappa shape index (κ2) is 22.9. The molecular formula is C47H53F3N6O8. The van der Waals surface area contributed by atoms with Crippen LogP contribution in [0.25, 0.3) is 49.5 Å². The van der Waals surface area contributed by atoms with Crippen LogP contribution in [-0.2, 0) is 39.4 Å². The summed E-state index contributed by atoms with van der Waals surface area (Å²) in [4.78, 5) is 39.1. The van der Waals surface area contributed by atoms with E-state index in [9.17, 15) is 22.8 Å². The van der Waals surface area contributed by atoms with Gasteiger partial charge in [-0.1, -0.05) is 24.3 Å². The van der Waals surface area contributed by atoms with Gasteiger partial charge in [0.25, 0.3) is 5.56 Å². The highest BCUT2D eigenvalue weighted by atomic mass is 19.4. The number of halogens is 3. The molecule has 1 amide bonds. The minimum Gasteiger partial charge on any atom is -0.379 e. The number of carbonyl (C=O) groups is 1. The first-order chi connectivity index (χ1) is 31.2. The highest BCUT2D eigenvalue weighted by Crippen LogP contribution is 2.39. The van der Waals surface area contributed by atoms with Gasteiger partial charge in [0.05, 0.1) is 114 Å². The molecule has 0 aliphatic carbocycles. The number of aromatic nitrogens is 3. The van der Waals surface area contributed by atoms with E-state index in [1.165, 1.54) is 16.7 Å². The molecule has 0 saturated carbocycles. The topological polar surface area (TPSA) is 153 Å². The first-order valence-electron chi connectivity index (χ1n) is 21.4. The van der Waals surface area contributed by atoms with Crippen LogP contribution in [0, 0.1) is 0 Å². The molecule has 0 radical (unpaired) electrons. The third-order valence-corrected chi connectivity index (χ3v) is 10.7. The highest BCUT2D eigenvalue weighted by Gasteiger charge is 2.36. The highest BCUT2D eigenvalue weighted by molar-refractivity contribution is 6.05. The first kappa shape index (κ1) is 46.5. The minimum absolute atomic E-state index is 0.0153. The molecule has 0 bridgehead atoms. The average Bonchev–Trinajstić information content (AvgIpc) is 3.31. The van der Waals surface area contributed by atoms with Crippen LogP contribution in [0.1, 0.15) is 12.0 Å². The molecule has 0 atom stereocenters. The second-order valence-electron chi connectivity index (χ2n) is 15.0. The van der Waals surface area contributed by atoms with Crippen molar-refractivity contribution in [1.82, 2.24) is 19.4 Å². The average molecular weight is 887 g/mol. The Morgan fingerprint density at radius 3 is 1.91 bits per heavy atom. The lowest BCUT2D eigenvalue weighted by molar-refractivity contribution is -0.137. The summed E-state index contributed by atoms with van der Waals surface area (Å²) in [7, 11) is 0. The zero-order valence-corrected chi connectivity index (χ0v) is 35.6. The number of hydrogen-bond donors (Lipinski definition) is 1. The van der Waals surface area contributed by atoms with Crippen LogP contribution >= 0.6 is 0 Å². The molecule has 3 aromatic heterocycles. The van der Waals surface area contributed by atoms with Crippen molar-refractivity contribution in [2.45, 2.75) is 12.6 Å². The largest absolute Gasteiger partial charge is 0.418 e. The van der Waals surface area contributed by atoms with Gasteiger partial charge < -0.3 is 44.0 Å². The molecular weight excluding hydrogens is 834 g/mol. The number of para-hydroxylation sites is 1. The summed E-state index contributed by atoms with van der Waals surface area (Å²) in [6.07, 6.45) is -1.20. The number of rotatable bonds is 23. The molecule has 4 heterocycles. The van der Waals surface area contributed by atoms with Crippen LogP contribution in [0.3, 0.4) is 0 Å². The zero-order valence-electron chi connectivity index (χ0n) is 35.6. The van der Waals surface area contributed by atoms with Crippen molar-refractivity contribution >= 4 is 44.3 Å². The molecule has 340 valence electrons. The van der Waals surface area contributed by atoms with Gasteiger partial charge in [-0.05, 0) is 54.1 Å². The van der Waals surface area contributed by atoms with Crippen molar-refractivity contribution in [3.05, 3.63) is 107 Å². The van der Waals surface area contributed by atoms with Crippen molar-refractivity contribution < 1.29 is 46.4 Å². The first-order valence-corrected chi connectivity index (χ1v) is 21.4. The van der Waals surface area contributed by atoms with Crippen molar-refractivity contribution in [2.24, 2.45) is 5.73 Å². The fourth-order valence-corrected chi connectivity index (χ4v) is 7.54. The summed E-state index contributed by atoms with van der Waals surface area (Å²) in [6, 6.07) is 22.4. The Morgan fingerprint density at radius 2 is 1.25 bits per heavy atom. The van der Waals surface area contributed by atoms with Gasteiger partial charge in [-0.15, -0.1) is 0 Å². The zero-order chi connectivity index (χ0) is 44.7. The number of nitrogens with two attached hydrogens (primary N) is 1. The maximum absolute atomic E-state index is 14.9. The van der Waals surface area contributed by atoms with E-state index in [0.717, 1.165) is 28.1 Å². The Hall–Kier alpha value is -5.53. The fourth-order valence-electron chi connectivity index (χ4n) is 7.54. The second-order valence-corrected chi connectivity index (χ2v) is 15.0. The Balaban J connectivity index is 0.898. The van der Waals surface area contributed by atoms with Crippen molar-refractivity contribution in [3.8, 4) is 16.8 Å². The van der Waals surface area contributed by atoms with Gasteiger partial charge in [-0.25, -0.2) is 0 Å². The van der Waals surface area contributed by atoms with Crippen LogP contribution in [0.4, 0.5) is 18.9 Å². The van der Waals surface area contributed by atoms with Crippen LogP contribution in [-0.4, -0.2) is 137 Å². The standard InChI is InChI=1S/C47H53F3N6O8/c48-47(49,50)40-31-38(56-45(58)10-6-36-32-53-42-8-5-34(30-39(42)46(36)56)37-29-35-3-1-2-4-41(35)52-33-37)7-9-43(40)54-13-15-55(16-14-54)44(57)11-17-59-19-21-61-23-25-63-27-28-64-26-24-62-22-20-60-18-12-51/h1-10,29-33H,11-28,51H2. The molecule has 2 N–H and O–H groups in total. The van der Waals surface area contributed by atoms with Crippen LogP contribution in [0.15, 0.2) is 96.1 Å². The van der Waals surface area contributed by atoms with E-state index in [1.807, 2.05) is 48.5 Å². The Morgan fingerprint density at radius 1 is 0.625 bits per heavy atom. The molecule has 1 saturated heterocycles. The Kier molecular flexibility index (Phi) is 16.6. The monoisotopic (exact) mass is 886 g/mol. The van der Waals surface area contributed by atoms with E-state index >= 15 is 0 Å². The maximum Gasteiger partial charge on any atom is 0.418 e. The van der Waals surface area contributed by atoms with E-state index < -0.39 is 17.3 Å². The third kappa shape index (κ3) is 12.2. The molecule has 17 heteroatoms. The maximum atomic E-state index is 14.9. The number of ether oxygens (including phenoxy) is 6. The van der Waals surface area contributed by atoms with Gasteiger partial charge in [-0.3, -0.25) is 24.1 Å². The number of hydrogen-bond acceptors (Lipinski definition) is 12. The van der Waals surface area contributed by atoms with Gasteiger partial charge >= 0.3 is 6.18 Å². The predicted molar refractivity (Wildman–Crippen MR) is 238 cm³/mol. The van der Waals surface area contributed by atoms with E-state index in [1.54, 1.807) is 34.3 Å². The molecule has 7 rings (SSSR count). The Bertz CT molecular complexity index is 2530. The van der Waals surface area contributed by atoms with Crippen LogP contribution < -0.4 is 16.2 Å². The predicted octanol–water partition coefficient (Wildman–Crippen LogP) is 5.87. The summed E-state index contributed by atoms with van der Waals surface area (Å²) >= 11 is 0. The number of pyridine rings is 3. The number of benzene rings is 3. The quantitative estimate of drug-likeness (QED) is 0.0605. The van der Waals surface area contributed by atoms with E-state index in [0.29, 0.717) is 101 Å². The molecule has 1 aliphatic heterocycles. The van der Waals surface area contributed by atoms with Gasteiger partial charge in [0.1, 0.15) is 0 Å². The van der Waals surface area contributed by atoms with Gasteiger partial charge in [-0.2, -0.15) is 13.2 Å². The number of anilines is 1. The summed E-state index contributed by atoms with van der Waals surface area (Å²) in [5, 5.41) is 2.16. The normalized spacial score (nSPS) is 13.4. The van der Waals surface area contributed by atoms with E-state index in [2.05, 4.69) is 9.97 Å². The lowest BCUT2D eigenvalue weighted by Gasteiger charge is -2.37. The molecule has 1 aliphatic rings. The number of fused-ring (bicyclic) bond motifs is 4. The molecule has 0 unspecified atom stereocenters. The summed E-state index contributed by atoms with van der Waals surface area (Å²) in [6.45, 7) is 6.38. The number of nitrogens with zero attached hydrogens (tertiary/aromatic N) is 5. The smallest absolute Gasteiger partial charge is 0.379 e. The van der Waals surface area contributed by atoms with Gasteiger partial charge in [0, 0.05) is 78.6 Å². The lowest BCUT2D eigenvalue weighted by atomic mass is 10.0. The lowest BCUT2D eigenvalue weighted by Crippen LogP contribution is -2.49. The molecule has 6 aromatic rings.